The number of carbonyl (C=O) groups excluding carboxylic acids is 2. The van der Waals surface area contributed by atoms with Gasteiger partial charge in [0.05, 0.1) is 31.1 Å². The molecule has 1 unspecified atom stereocenters. The van der Waals surface area contributed by atoms with Crippen LogP contribution in [0.5, 0.6) is 5.75 Å². The first-order chi connectivity index (χ1) is 13.6. The lowest BCUT2D eigenvalue weighted by molar-refractivity contribution is -0.130. The van der Waals surface area contributed by atoms with Crippen LogP contribution in [0.2, 0.25) is 0 Å². The van der Waals surface area contributed by atoms with Crippen molar-refractivity contribution in [3.8, 4) is 5.75 Å². The molecule has 1 aliphatic heterocycles. The van der Waals surface area contributed by atoms with Crippen LogP contribution in [-0.2, 0) is 9.53 Å². The van der Waals surface area contributed by atoms with Gasteiger partial charge in [-0.3, -0.25) is 9.59 Å². The number of hydrogen-bond acceptors (Lipinski definition) is 6. The van der Waals surface area contributed by atoms with Gasteiger partial charge in [-0.25, -0.2) is 0 Å². The van der Waals surface area contributed by atoms with Gasteiger partial charge < -0.3 is 23.9 Å². The fourth-order valence-electron chi connectivity index (χ4n) is 3.19. The van der Waals surface area contributed by atoms with Crippen molar-refractivity contribution in [3.63, 3.8) is 0 Å². The molecule has 1 aliphatic rings. The second-order valence-electron chi connectivity index (χ2n) is 6.38. The summed E-state index contributed by atoms with van der Waals surface area (Å²) < 4.78 is 16.0. The van der Waals surface area contributed by atoms with Gasteiger partial charge in [-0.15, -0.1) is 0 Å². The molecule has 0 saturated carbocycles. The molecule has 0 aliphatic carbocycles. The standard InChI is InChI=1S/C21H23NO6/c1-3-10-27-15-7-4-6-14(13-15)18-17(19(23)16-8-5-11-28-16)20(24)21(25)22(18)9-12-26-2/h4-8,11,13,18,24H,3,9-10,12H2,1-2H3. The summed E-state index contributed by atoms with van der Waals surface area (Å²) in [6.07, 6.45) is 2.23. The number of carbonyl (C=O) groups is 2. The first-order valence-electron chi connectivity index (χ1n) is 9.12. The molecule has 1 atom stereocenters. The van der Waals surface area contributed by atoms with Crippen LogP contribution in [0.15, 0.2) is 58.4 Å². The SMILES string of the molecule is CCCOc1cccc(C2C(C(=O)c3ccco3)=C(O)C(=O)N2CCOC)c1. The van der Waals surface area contributed by atoms with Crippen molar-refractivity contribution in [1.82, 2.24) is 4.90 Å². The summed E-state index contributed by atoms with van der Waals surface area (Å²) in [6, 6.07) is 9.51. The van der Waals surface area contributed by atoms with E-state index in [9.17, 15) is 14.7 Å². The van der Waals surface area contributed by atoms with E-state index < -0.39 is 23.5 Å². The molecule has 0 fully saturated rings. The third kappa shape index (κ3) is 3.80. The predicted octanol–water partition coefficient (Wildman–Crippen LogP) is 3.29. The first kappa shape index (κ1) is 19.7. The van der Waals surface area contributed by atoms with Crippen molar-refractivity contribution >= 4 is 11.7 Å². The fourth-order valence-corrected chi connectivity index (χ4v) is 3.19. The van der Waals surface area contributed by atoms with Crippen LogP contribution in [0, 0.1) is 0 Å². The number of ketones is 1. The van der Waals surface area contributed by atoms with Crippen LogP contribution in [-0.4, -0.2) is 48.6 Å². The minimum Gasteiger partial charge on any atom is -0.503 e. The quantitative estimate of drug-likeness (QED) is 0.666. The molecule has 0 spiro atoms. The van der Waals surface area contributed by atoms with E-state index in [1.54, 1.807) is 24.3 Å². The molecular formula is C21H23NO6. The van der Waals surface area contributed by atoms with Gasteiger partial charge in [0.25, 0.3) is 5.91 Å². The van der Waals surface area contributed by atoms with Crippen molar-refractivity contribution in [2.75, 3.05) is 26.9 Å². The van der Waals surface area contributed by atoms with Crippen molar-refractivity contribution in [2.45, 2.75) is 19.4 Å². The lowest BCUT2D eigenvalue weighted by Crippen LogP contribution is -2.34. The van der Waals surface area contributed by atoms with Gasteiger partial charge in [-0.2, -0.15) is 0 Å². The molecule has 1 aromatic carbocycles. The molecule has 2 aromatic rings. The number of aliphatic hydroxyl groups is 1. The monoisotopic (exact) mass is 385 g/mol. The van der Waals surface area contributed by atoms with E-state index in [1.165, 1.54) is 24.3 Å². The van der Waals surface area contributed by atoms with Gasteiger partial charge in [-0.1, -0.05) is 19.1 Å². The second kappa shape index (κ2) is 8.75. The third-order valence-corrected chi connectivity index (χ3v) is 4.48. The Hall–Kier alpha value is -3.06. The normalized spacial score (nSPS) is 16.7. The van der Waals surface area contributed by atoms with Gasteiger partial charge >= 0.3 is 0 Å². The van der Waals surface area contributed by atoms with Crippen LogP contribution in [0.25, 0.3) is 0 Å². The third-order valence-electron chi connectivity index (χ3n) is 4.48. The maximum Gasteiger partial charge on any atom is 0.290 e. The summed E-state index contributed by atoms with van der Waals surface area (Å²) in [7, 11) is 1.52. The Labute approximate surface area is 163 Å². The van der Waals surface area contributed by atoms with Crippen LogP contribution in [0.1, 0.15) is 35.5 Å². The van der Waals surface area contributed by atoms with E-state index in [0.717, 1.165) is 6.42 Å². The minimum absolute atomic E-state index is 0.0105. The molecule has 2 heterocycles. The van der Waals surface area contributed by atoms with E-state index >= 15 is 0 Å². The lowest BCUT2D eigenvalue weighted by Gasteiger charge is -2.26. The van der Waals surface area contributed by atoms with Crippen molar-refractivity contribution in [2.24, 2.45) is 0 Å². The summed E-state index contributed by atoms with van der Waals surface area (Å²) in [5.74, 6) is -1.01. The summed E-state index contributed by atoms with van der Waals surface area (Å²) in [6.45, 7) is 3.05. The van der Waals surface area contributed by atoms with E-state index in [4.69, 9.17) is 13.9 Å². The molecule has 0 bridgehead atoms. The Kier molecular flexibility index (Phi) is 6.16. The Morgan fingerprint density at radius 3 is 2.75 bits per heavy atom. The van der Waals surface area contributed by atoms with Crippen LogP contribution < -0.4 is 4.74 Å². The Balaban J connectivity index is 2.03. The minimum atomic E-state index is -0.759. The largest absolute Gasteiger partial charge is 0.503 e. The maximum atomic E-state index is 13.0. The van der Waals surface area contributed by atoms with E-state index in [2.05, 4.69) is 0 Å². The van der Waals surface area contributed by atoms with E-state index in [-0.39, 0.29) is 24.5 Å². The zero-order valence-corrected chi connectivity index (χ0v) is 15.9. The summed E-state index contributed by atoms with van der Waals surface area (Å²) in [4.78, 5) is 27.1. The maximum absolute atomic E-state index is 13.0. The lowest BCUT2D eigenvalue weighted by atomic mass is 9.95. The molecule has 148 valence electrons. The highest BCUT2D eigenvalue weighted by Gasteiger charge is 2.44. The number of benzene rings is 1. The molecule has 3 rings (SSSR count). The molecule has 1 N–H and O–H groups in total. The number of nitrogens with zero attached hydrogens (tertiary/aromatic N) is 1. The average molecular weight is 385 g/mol. The topological polar surface area (TPSA) is 89.2 Å². The number of hydrogen-bond donors (Lipinski definition) is 1. The molecule has 7 nitrogen and oxygen atoms in total. The van der Waals surface area contributed by atoms with Crippen LogP contribution >= 0.6 is 0 Å². The average Bonchev–Trinajstić information content (AvgIpc) is 3.33. The van der Waals surface area contributed by atoms with Gasteiger partial charge in [0.2, 0.25) is 5.78 Å². The highest BCUT2D eigenvalue weighted by molar-refractivity contribution is 6.15. The number of ether oxygens (including phenoxy) is 2. The zero-order chi connectivity index (χ0) is 20.1. The predicted molar refractivity (Wildman–Crippen MR) is 101 cm³/mol. The molecular weight excluding hydrogens is 362 g/mol. The van der Waals surface area contributed by atoms with Crippen molar-refractivity contribution in [1.29, 1.82) is 0 Å². The van der Waals surface area contributed by atoms with Gasteiger partial charge in [0, 0.05) is 13.7 Å². The molecule has 0 radical (unpaired) electrons. The van der Waals surface area contributed by atoms with Gasteiger partial charge in [0.1, 0.15) is 5.75 Å². The number of amides is 1. The smallest absolute Gasteiger partial charge is 0.290 e. The Morgan fingerprint density at radius 1 is 1.25 bits per heavy atom. The molecule has 28 heavy (non-hydrogen) atoms. The molecule has 7 heteroatoms. The Bertz CT molecular complexity index is 871. The summed E-state index contributed by atoms with van der Waals surface area (Å²) >= 11 is 0. The van der Waals surface area contributed by atoms with Crippen molar-refractivity contribution in [3.05, 3.63) is 65.3 Å². The van der Waals surface area contributed by atoms with Crippen molar-refractivity contribution < 1.29 is 28.6 Å². The highest BCUT2D eigenvalue weighted by atomic mass is 16.5. The van der Waals surface area contributed by atoms with Gasteiger partial charge in [-0.05, 0) is 36.2 Å². The zero-order valence-electron chi connectivity index (χ0n) is 15.9. The van der Waals surface area contributed by atoms with Gasteiger partial charge in [0.15, 0.2) is 11.5 Å². The summed E-state index contributed by atoms with van der Waals surface area (Å²) in [5, 5.41) is 10.5. The first-order valence-corrected chi connectivity index (χ1v) is 9.12. The van der Waals surface area contributed by atoms with E-state index in [0.29, 0.717) is 17.9 Å². The van der Waals surface area contributed by atoms with E-state index in [1.807, 2.05) is 13.0 Å². The Morgan fingerprint density at radius 2 is 2.07 bits per heavy atom. The fraction of sp³-hybridized carbons (Fsp3) is 0.333. The number of Topliss-reactive ketones (excluding diaryl/α,β-unsaturated/α-hetero) is 1. The second-order valence-corrected chi connectivity index (χ2v) is 6.38. The van der Waals surface area contributed by atoms with Crippen LogP contribution in [0.3, 0.4) is 0 Å². The highest BCUT2D eigenvalue weighted by Crippen LogP contribution is 2.39. The number of furan rings is 1. The molecule has 1 amide bonds. The number of rotatable bonds is 9. The molecule has 1 aromatic heterocycles. The number of aliphatic hydroxyl groups excluding tert-OH is 1. The molecule has 0 saturated heterocycles. The van der Waals surface area contributed by atoms with Crippen LogP contribution in [0.4, 0.5) is 0 Å². The summed E-state index contributed by atoms with van der Waals surface area (Å²) in [5.41, 5.74) is 0.653. The number of methoxy groups -OCH3 is 1.